The molecule has 1 unspecified atom stereocenters. The smallest absolute Gasteiger partial charge is 0.254 e. The molecule has 1 fully saturated rings. The Morgan fingerprint density at radius 1 is 1.32 bits per heavy atom. The summed E-state index contributed by atoms with van der Waals surface area (Å²) in [6.07, 6.45) is 5.81. The number of rotatable bonds is 1. The van der Waals surface area contributed by atoms with Crippen molar-refractivity contribution in [2.75, 3.05) is 18.4 Å². The number of carbonyl (C=O) groups is 1. The number of fused-ring (bicyclic) bond motifs is 1. The van der Waals surface area contributed by atoms with Gasteiger partial charge in [0.25, 0.3) is 5.91 Å². The van der Waals surface area contributed by atoms with Crippen LogP contribution in [-0.2, 0) is 6.42 Å². The Hall–Kier alpha value is -1.51. The molecule has 0 radical (unpaired) electrons. The van der Waals surface area contributed by atoms with Crippen LogP contribution in [0.1, 0.15) is 48.5 Å². The van der Waals surface area contributed by atoms with E-state index in [0.29, 0.717) is 6.04 Å². The molecule has 3 heteroatoms. The second kappa shape index (κ2) is 5.24. The maximum absolute atomic E-state index is 12.7. The van der Waals surface area contributed by atoms with Gasteiger partial charge in [-0.2, -0.15) is 0 Å². The van der Waals surface area contributed by atoms with E-state index in [-0.39, 0.29) is 5.91 Å². The molecule has 1 aromatic rings. The summed E-state index contributed by atoms with van der Waals surface area (Å²) in [5.41, 5.74) is 3.34. The maximum atomic E-state index is 12.7. The topological polar surface area (TPSA) is 32.3 Å². The molecule has 0 saturated carbocycles. The summed E-state index contributed by atoms with van der Waals surface area (Å²) in [5.74, 6) is 0.212. The van der Waals surface area contributed by atoms with Gasteiger partial charge in [-0.25, -0.2) is 0 Å². The summed E-state index contributed by atoms with van der Waals surface area (Å²) in [7, 11) is 0. The highest BCUT2D eigenvalue weighted by atomic mass is 16.2. The summed E-state index contributed by atoms with van der Waals surface area (Å²) >= 11 is 0. The number of benzene rings is 1. The Balaban J connectivity index is 1.82. The van der Waals surface area contributed by atoms with E-state index in [9.17, 15) is 4.79 Å². The number of amides is 1. The molecule has 2 aliphatic rings. The molecule has 1 amide bonds. The minimum atomic E-state index is 0.212. The van der Waals surface area contributed by atoms with E-state index in [0.717, 1.165) is 37.9 Å². The number of hydrogen-bond acceptors (Lipinski definition) is 2. The lowest BCUT2D eigenvalue weighted by Crippen LogP contribution is -2.38. The van der Waals surface area contributed by atoms with E-state index < -0.39 is 0 Å². The molecule has 0 bridgehead atoms. The van der Waals surface area contributed by atoms with E-state index in [2.05, 4.69) is 29.3 Å². The zero-order valence-electron chi connectivity index (χ0n) is 11.6. The largest absolute Gasteiger partial charge is 0.384 e. The lowest BCUT2D eigenvalue weighted by molar-refractivity contribution is 0.0698. The van der Waals surface area contributed by atoms with Gasteiger partial charge in [0.05, 0.1) is 0 Å². The molecule has 19 heavy (non-hydrogen) atoms. The predicted octanol–water partition coefficient (Wildman–Crippen LogP) is 3.06. The average molecular weight is 258 g/mol. The van der Waals surface area contributed by atoms with Gasteiger partial charge < -0.3 is 10.2 Å². The summed E-state index contributed by atoms with van der Waals surface area (Å²) in [6.45, 7) is 4.08. The molecule has 1 N–H and O–H groups in total. The fourth-order valence-corrected chi connectivity index (χ4v) is 3.18. The molecule has 1 aromatic carbocycles. The van der Waals surface area contributed by atoms with Crippen LogP contribution in [0, 0.1) is 0 Å². The third-order valence-corrected chi connectivity index (χ3v) is 4.38. The third-order valence-electron chi connectivity index (χ3n) is 4.38. The van der Waals surface area contributed by atoms with Crippen molar-refractivity contribution in [3.63, 3.8) is 0 Å². The van der Waals surface area contributed by atoms with E-state index in [1.165, 1.54) is 24.1 Å². The lowest BCUT2D eigenvalue weighted by Gasteiger charge is -2.27. The van der Waals surface area contributed by atoms with Crippen LogP contribution in [0.15, 0.2) is 18.2 Å². The first-order chi connectivity index (χ1) is 9.25. The molecular formula is C16H22N2O. The van der Waals surface area contributed by atoms with Crippen LogP contribution in [-0.4, -0.2) is 29.9 Å². The number of likely N-dealkylation sites (tertiary alicyclic amines) is 1. The van der Waals surface area contributed by atoms with Crippen molar-refractivity contribution >= 4 is 11.6 Å². The first-order valence-electron chi connectivity index (χ1n) is 7.43. The van der Waals surface area contributed by atoms with Crippen LogP contribution in [0.2, 0.25) is 0 Å². The van der Waals surface area contributed by atoms with Crippen LogP contribution in [0.25, 0.3) is 0 Å². The van der Waals surface area contributed by atoms with Crippen LogP contribution in [0.4, 0.5) is 5.69 Å². The lowest BCUT2D eigenvalue weighted by atomic mass is 10.1. The number of anilines is 1. The second-order valence-corrected chi connectivity index (χ2v) is 5.75. The predicted molar refractivity (Wildman–Crippen MR) is 77.6 cm³/mol. The number of nitrogens with zero attached hydrogens (tertiary/aromatic N) is 1. The third kappa shape index (κ3) is 2.46. The average Bonchev–Trinajstić information content (AvgIpc) is 2.79. The quantitative estimate of drug-likeness (QED) is 0.839. The molecule has 0 spiro atoms. The van der Waals surface area contributed by atoms with Gasteiger partial charge in [-0.15, -0.1) is 0 Å². The molecule has 1 saturated heterocycles. The molecule has 0 aliphatic carbocycles. The fourth-order valence-electron chi connectivity index (χ4n) is 3.18. The molecule has 3 nitrogen and oxygen atoms in total. The fraction of sp³-hybridized carbons (Fsp3) is 0.562. The van der Waals surface area contributed by atoms with Crippen molar-refractivity contribution in [1.82, 2.24) is 4.90 Å². The van der Waals surface area contributed by atoms with Crippen molar-refractivity contribution in [1.29, 1.82) is 0 Å². The molecular weight excluding hydrogens is 236 g/mol. The molecule has 3 rings (SSSR count). The monoisotopic (exact) mass is 258 g/mol. The van der Waals surface area contributed by atoms with Gasteiger partial charge in [0, 0.05) is 30.4 Å². The molecule has 2 heterocycles. The Morgan fingerprint density at radius 3 is 3.11 bits per heavy atom. The van der Waals surface area contributed by atoms with Crippen molar-refractivity contribution < 1.29 is 4.79 Å². The molecule has 2 aliphatic heterocycles. The highest BCUT2D eigenvalue weighted by molar-refractivity contribution is 5.95. The van der Waals surface area contributed by atoms with Crippen molar-refractivity contribution in [3.05, 3.63) is 29.3 Å². The van der Waals surface area contributed by atoms with E-state index >= 15 is 0 Å². The molecule has 0 aromatic heterocycles. The minimum Gasteiger partial charge on any atom is -0.384 e. The SMILES string of the molecule is CC1CCCCCN1C(=O)c1ccc2c(c1)CCN2. The van der Waals surface area contributed by atoms with Crippen molar-refractivity contribution in [2.24, 2.45) is 0 Å². The second-order valence-electron chi connectivity index (χ2n) is 5.75. The zero-order chi connectivity index (χ0) is 13.2. The van der Waals surface area contributed by atoms with E-state index in [1.54, 1.807) is 0 Å². The van der Waals surface area contributed by atoms with Crippen LogP contribution >= 0.6 is 0 Å². The summed E-state index contributed by atoms with van der Waals surface area (Å²) in [4.78, 5) is 14.7. The van der Waals surface area contributed by atoms with Crippen LogP contribution in [0.3, 0.4) is 0 Å². The first kappa shape index (κ1) is 12.5. The molecule has 1 atom stereocenters. The minimum absolute atomic E-state index is 0.212. The Bertz CT molecular complexity index is 484. The van der Waals surface area contributed by atoms with Gasteiger partial charge in [0.1, 0.15) is 0 Å². The maximum Gasteiger partial charge on any atom is 0.254 e. The van der Waals surface area contributed by atoms with E-state index in [1.807, 2.05) is 6.07 Å². The summed E-state index contributed by atoms with van der Waals surface area (Å²) in [5, 5.41) is 3.34. The molecule has 102 valence electrons. The number of carbonyl (C=O) groups excluding carboxylic acids is 1. The standard InChI is InChI=1S/C16H22N2O/c1-12-5-3-2-4-10-18(12)16(19)14-6-7-15-13(11-14)8-9-17-15/h6-7,11-12,17H,2-5,8-10H2,1H3. The van der Waals surface area contributed by atoms with Crippen molar-refractivity contribution in [3.8, 4) is 0 Å². The first-order valence-corrected chi connectivity index (χ1v) is 7.43. The van der Waals surface area contributed by atoms with Gasteiger partial charge in [-0.05, 0) is 49.9 Å². The highest BCUT2D eigenvalue weighted by Crippen LogP contribution is 2.25. The Morgan fingerprint density at radius 2 is 2.21 bits per heavy atom. The summed E-state index contributed by atoms with van der Waals surface area (Å²) in [6, 6.07) is 6.48. The van der Waals surface area contributed by atoms with Gasteiger partial charge in [-0.3, -0.25) is 4.79 Å². The zero-order valence-corrected chi connectivity index (χ0v) is 11.6. The Kier molecular flexibility index (Phi) is 3.45. The Labute approximate surface area is 115 Å². The normalized spacial score (nSPS) is 22.6. The van der Waals surface area contributed by atoms with Crippen LogP contribution in [0.5, 0.6) is 0 Å². The van der Waals surface area contributed by atoms with Crippen molar-refractivity contribution in [2.45, 2.75) is 45.1 Å². The van der Waals surface area contributed by atoms with Gasteiger partial charge in [-0.1, -0.05) is 12.8 Å². The van der Waals surface area contributed by atoms with Gasteiger partial charge in [0.15, 0.2) is 0 Å². The van der Waals surface area contributed by atoms with E-state index in [4.69, 9.17) is 0 Å². The number of hydrogen-bond donors (Lipinski definition) is 1. The highest BCUT2D eigenvalue weighted by Gasteiger charge is 2.24. The van der Waals surface area contributed by atoms with Crippen LogP contribution < -0.4 is 5.32 Å². The number of nitrogens with one attached hydrogen (secondary N) is 1. The van der Waals surface area contributed by atoms with Gasteiger partial charge in [0.2, 0.25) is 0 Å². The summed E-state index contributed by atoms with van der Waals surface area (Å²) < 4.78 is 0. The van der Waals surface area contributed by atoms with Gasteiger partial charge >= 0.3 is 0 Å².